The maximum Gasteiger partial charge on any atom is 0.124 e. The molecule has 1 N–H and O–H groups in total. The maximum atomic E-state index is 6.19. The first-order valence-electron chi connectivity index (χ1n) is 6.38. The molecule has 1 aliphatic heterocycles. The number of hydrogen-bond donors (Lipinski definition) is 1. The summed E-state index contributed by atoms with van der Waals surface area (Å²) in [5.74, 6) is 0.993. The predicted molar refractivity (Wildman–Crippen MR) is 72.0 cm³/mol. The van der Waals surface area contributed by atoms with Crippen LogP contribution in [0.25, 0.3) is 0 Å². The van der Waals surface area contributed by atoms with Crippen LogP contribution in [-0.2, 0) is 0 Å². The lowest BCUT2D eigenvalue weighted by molar-refractivity contribution is 0.252. The second kappa shape index (κ2) is 5.74. The van der Waals surface area contributed by atoms with Gasteiger partial charge in [0.2, 0.25) is 0 Å². The second-order valence-corrected chi connectivity index (χ2v) is 5.04. The number of ether oxygens (including phenoxy) is 1. The summed E-state index contributed by atoms with van der Waals surface area (Å²) in [6.45, 7) is 6.07. The fraction of sp³-hybridized carbons (Fsp3) is 0.571. The van der Waals surface area contributed by atoms with Gasteiger partial charge in [0, 0.05) is 23.0 Å². The van der Waals surface area contributed by atoms with E-state index >= 15 is 0 Å². The summed E-state index contributed by atoms with van der Waals surface area (Å²) in [5.41, 5.74) is 2.29. The van der Waals surface area contributed by atoms with E-state index in [1.54, 1.807) is 0 Å². The summed E-state index contributed by atoms with van der Waals surface area (Å²) in [7, 11) is 0. The summed E-state index contributed by atoms with van der Waals surface area (Å²) in [4.78, 5) is 0. The summed E-state index contributed by atoms with van der Waals surface area (Å²) < 4.78 is 5.70. The highest BCUT2D eigenvalue weighted by atomic mass is 35.5. The van der Waals surface area contributed by atoms with Crippen molar-refractivity contribution in [3.8, 4) is 5.75 Å². The zero-order chi connectivity index (χ0) is 12.3. The van der Waals surface area contributed by atoms with Crippen LogP contribution in [0.5, 0.6) is 5.75 Å². The van der Waals surface area contributed by atoms with Crippen LogP contribution in [0.15, 0.2) is 12.1 Å². The Hall–Kier alpha value is -0.730. The highest BCUT2D eigenvalue weighted by Crippen LogP contribution is 2.35. The minimum Gasteiger partial charge on any atom is -0.493 e. The fourth-order valence-corrected chi connectivity index (χ4v) is 2.35. The molecule has 1 unspecified atom stereocenters. The minimum atomic E-state index is 0.392. The van der Waals surface area contributed by atoms with Crippen molar-refractivity contribution in [3.63, 3.8) is 0 Å². The number of benzene rings is 1. The van der Waals surface area contributed by atoms with E-state index in [9.17, 15) is 0 Å². The van der Waals surface area contributed by atoms with E-state index in [1.165, 1.54) is 18.4 Å². The van der Waals surface area contributed by atoms with Crippen molar-refractivity contribution in [1.82, 2.24) is 5.32 Å². The van der Waals surface area contributed by atoms with Crippen LogP contribution in [0.1, 0.15) is 43.4 Å². The molecule has 1 atom stereocenters. The molecule has 1 aromatic rings. The van der Waals surface area contributed by atoms with Gasteiger partial charge in [-0.25, -0.2) is 0 Å². The van der Waals surface area contributed by atoms with Crippen LogP contribution >= 0.6 is 11.6 Å². The van der Waals surface area contributed by atoms with Gasteiger partial charge in [-0.05, 0) is 37.6 Å². The predicted octanol–water partition coefficient (Wildman–Crippen LogP) is 3.86. The van der Waals surface area contributed by atoms with Gasteiger partial charge in [-0.2, -0.15) is 0 Å². The SMILES string of the molecule is CCCCNC1CCOc2cc(C)c(Cl)cc21. The van der Waals surface area contributed by atoms with E-state index in [4.69, 9.17) is 16.3 Å². The van der Waals surface area contributed by atoms with Crippen molar-refractivity contribution in [2.24, 2.45) is 0 Å². The van der Waals surface area contributed by atoms with Gasteiger partial charge in [0.05, 0.1) is 6.61 Å². The zero-order valence-electron chi connectivity index (χ0n) is 10.6. The van der Waals surface area contributed by atoms with Crippen molar-refractivity contribution >= 4 is 11.6 Å². The number of hydrogen-bond acceptors (Lipinski definition) is 2. The summed E-state index contributed by atoms with van der Waals surface area (Å²) in [5, 5.41) is 4.42. The second-order valence-electron chi connectivity index (χ2n) is 4.64. The molecule has 3 heteroatoms. The summed E-state index contributed by atoms with van der Waals surface area (Å²) >= 11 is 6.19. The summed E-state index contributed by atoms with van der Waals surface area (Å²) in [6.07, 6.45) is 3.46. The number of unbranched alkanes of at least 4 members (excludes halogenated alkanes) is 1. The van der Waals surface area contributed by atoms with Gasteiger partial charge in [0.25, 0.3) is 0 Å². The third-order valence-electron chi connectivity index (χ3n) is 3.25. The lowest BCUT2D eigenvalue weighted by atomic mass is 9.99. The van der Waals surface area contributed by atoms with Crippen molar-refractivity contribution in [3.05, 3.63) is 28.3 Å². The van der Waals surface area contributed by atoms with Gasteiger partial charge in [0.15, 0.2) is 0 Å². The normalized spacial score (nSPS) is 18.6. The zero-order valence-corrected chi connectivity index (χ0v) is 11.3. The molecule has 1 aromatic carbocycles. The van der Waals surface area contributed by atoms with E-state index in [1.807, 2.05) is 13.0 Å². The minimum absolute atomic E-state index is 0.392. The first-order valence-corrected chi connectivity index (χ1v) is 6.76. The van der Waals surface area contributed by atoms with Crippen molar-refractivity contribution in [1.29, 1.82) is 0 Å². The van der Waals surface area contributed by atoms with Gasteiger partial charge < -0.3 is 10.1 Å². The monoisotopic (exact) mass is 253 g/mol. The quantitative estimate of drug-likeness (QED) is 0.823. The van der Waals surface area contributed by atoms with E-state index < -0.39 is 0 Å². The van der Waals surface area contributed by atoms with Crippen LogP contribution in [0.4, 0.5) is 0 Å². The summed E-state index contributed by atoms with van der Waals surface area (Å²) in [6, 6.07) is 4.49. The Morgan fingerprint density at radius 2 is 2.29 bits per heavy atom. The maximum absolute atomic E-state index is 6.19. The Kier molecular flexibility index (Phi) is 4.30. The molecule has 1 aliphatic rings. The molecule has 0 amide bonds. The number of aryl methyl sites for hydroxylation is 1. The Morgan fingerprint density at radius 3 is 3.06 bits per heavy atom. The largest absolute Gasteiger partial charge is 0.493 e. The van der Waals surface area contributed by atoms with Crippen molar-refractivity contribution in [2.45, 2.75) is 39.2 Å². The fourth-order valence-electron chi connectivity index (χ4n) is 2.18. The lowest BCUT2D eigenvalue weighted by Crippen LogP contribution is -2.27. The molecule has 0 radical (unpaired) electrons. The number of halogens is 1. The van der Waals surface area contributed by atoms with Gasteiger partial charge in [-0.15, -0.1) is 0 Å². The molecular weight excluding hydrogens is 234 g/mol. The smallest absolute Gasteiger partial charge is 0.124 e. The van der Waals surface area contributed by atoms with Crippen LogP contribution in [0.3, 0.4) is 0 Å². The van der Waals surface area contributed by atoms with Crippen LogP contribution < -0.4 is 10.1 Å². The van der Waals surface area contributed by atoms with Gasteiger partial charge in [-0.3, -0.25) is 0 Å². The first-order chi connectivity index (χ1) is 8.22. The average molecular weight is 254 g/mol. The van der Waals surface area contributed by atoms with E-state index in [0.717, 1.165) is 35.9 Å². The molecule has 94 valence electrons. The molecule has 0 saturated heterocycles. The molecule has 0 bridgehead atoms. The number of rotatable bonds is 4. The van der Waals surface area contributed by atoms with Crippen LogP contribution in [-0.4, -0.2) is 13.2 Å². The van der Waals surface area contributed by atoms with Gasteiger partial charge >= 0.3 is 0 Å². The molecule has 0 aliphatic carbocycles. The molecule has 2 nitrogen and oxygen atoms in total. The Morgan fingerprint density at radius 1 is 1.47 bits per heavy atom. The molecule has 0 fully saturated rings. The Labute approximate surface area is 108 Å². The van der Waals surface area contributed by atoms with Gasteiger partial charge in [0.1, 0.15) is 5.75 Å². The van der Waals surface area contributed by atoms with Crippen LogP contribution in [0.2, 0.25) is 5.02 Å². The van der Waals surface area contributed by atoms with Crippen LogP contribution in [0, 0.1) is 6.92 Å². The third kappa shape index (κ3) is 2.93. The first kappa shape index (κ1) is 12.7. The molecule has 2 rings (SSSR count). The van der Waals surface area contributed by atoms with E-state index in [-0.39, 0.29) is 0 Å². The topological polar surface area (TPSA) is 21.3 Å². The highest BCUT2D eigenvalue weighted by Gasteiger charge is 2.21. The molecule has 0 aromatic heterocycles. The molecule has 1 heterocycles. The van der Waals surface area contributed by atoms with Crippen molar-refractivity contribution < 1.29 is 4.74 Å². The molecule has 17 heavy (non-hydrogen) atoms. The van der Waals surface area contributed by atoms with E-state index in [2.05, 4.69) is 18.3 Å². The molecular formula is C14H20ClNO. The Bertz CT molecular complexity index is 392. The molecule has 0 spiro atoms. The standard InChI is InChI=1S/C14H20ClNO/c1-3-4-6-16-13-5-7-17-14-8-10(2)12(15)9-11(13)14/h8-9,13,16H,3-7H2,1-2H3. The Balaban J connectivity index is 2.15. The van der Waals surface area contributed by atoms with Gasteiger partial charge in [-0.1, -0.05) is 24.9 Å². The number of fused-ring (bicyclic) bond motifs is 1. The van der Waals surface area contributed by atoms with Crippen molar-refractivity contribution in [2.75, 3.05) is 13.2 Å². The lowest BCUT2D eigenvalue weighted by Gasteiger charge is -2.27. The number of nitrogens with one attached hydrogen (secondary N) is 1. The third-order valence-corrected chi connectivity index (χ3v) is 3.66. The average Bonchev–Trinajstić information content (AvgIpc) is 2.32. The molecule has 0 saturated carbocycles. The highest BCUT2D eigenvalue weighted by molar-refractivity contribution is 6.31. The van der Waals surface area contributed by atoms with E-state index in [0.29, 0.717) is 6.04 Å².